The fourth-order valence-electron chi connectivity index (χ4n) is 1.78. The minimum absolute atomic E-state index is 0.538. The van der Waals surface area contributed by atoms with Crippen molar-refractivity contribution in [3.8, 4) is 17.6 Å². The summed E-state index contributed by atoms with van der Waals surface area (Å²) in [5.74, 6) is 1.27. The van der Waals surface area contributed by atoms with Crippen LogP contribution in [0.2, 0.25) is 0 Å². The Bertz CT molecular complexity index is 635. The predicted molar refractivity (Wildman–Crippen MR) is 82.8 cm³/mol. The van der Waals surface area contributed by atoms with E-state index in [9.17, 15) is 5.26 Å². The molecule has 102 valence electrons. The highest BCUT2D eigenvalue weighted by molar-refractivity contribution is 9.10. The standard InChI is InChI=1S/C16H15BrN2O/c1-2-19-11-12-7-8-15(13(9-12)10-18)20-16-6-4-3-5-14(16)17/h3-9,19H,2,11H2,1H3. The third kappa shape index (κ3) is 3.60. The van der Waals surface area contributed by atoms with Crippen molar-refractivity contribution in [3.05, 3.63) is 58.1 Å². The van der Waals surface area contributed by atoms with Gasteiger partial charge in [-0.1, -0.05) is 25.1 Å². The maximum atomic E-state index is 9.25. The molecule has 0 saturated carbocycles. The first-order valence-corrected chi connectivity index (χ1v) is 7.20. The van der Waals surface area contributed by atoms with Gasteiger partial charge in [-0.05, 0) is 52.3 Å². The molecule has 2 rings (SSSR count). The minimum Gasteiger partial charge on any atom is -0.455 e. The van der Waals surface area contributed by atoms with E-state index in [0.717, 1.165) is 23.1 Å². The van der Waals surface area contributed by atoms with Gasteiger partial charge in [0.15, 0.2) is 0 Å². The third-order valence-electron chi connectivity index (χ3n) is 2.80. The van der Waals surface area contributed by atoms with Crippen molar-refractivity contribution >= 4 is 15.9 Å². The molecule has 0 aliphatic carbocycles. The molecule has 0 bridgehead atoms. The summed E-state index contributed by atoms with van der Waals surface area (Å²) in [5, 5.41) is 12.5. The lowest BCUT2D eigenvalue weighted by Gasteiger charge is -2.10. The molecule has 0 radical (unpaired) electrons. The number of rotatable bonds is 5. The van der Waals surface area contributed by atoms with Gasteiger partial charge < -0.3 is 10.1 Å². The zero-order valence-corrected chi connectivity index (χ0v) is 12.8. The highest BCUT2D eigenvalue weighted by Crippen LogP contribution is 2.31. The minimum atomic E-state index is 0.538. The average Bonchev–Trinajstić information content (AvgIpc) is 2.48. The molecule has 2 aromatic carbocycles. The van der Waals surface area contributed by atoms with E-state index in [1.54, 1.807) is 0 Å². The van der Waals surface area contributed by atoms with Gasteiger partial charge in [0.25, 0.3) is 0 Å². The quantitative estimate of drug-likeness (QED) is 0.892. The lowest BCUT2D eigenvalue weighted by atomic mass is 10.1. The monoisotopic (exact) mass is 330 g/mol. The Balaban J connectivity index is 2.24. The fourth-order valence-corrected chi connectivity index (χ4v) is 2.14. The SMILES string of the molecule is CCNCc1ccc(Oc2ccccc2Br)c(C#N)c1. The number of nitrogens with one attached hydrogen (secondary N) is 1. The first-order valence-electron chi connectivity index (χ1n) is 6.40. The molecule has 0 spiro atoms. The molecule has 0 unspecified atom stereocenters. The van der Waals surface area contributed by atoms with Crippen LogP contribution in [0.25, 0.3) is 0 Å². The second-order valence-corrected chi connectivity index (χ2v) is 5.11. The van der Waals surface area contributed by atoms with Crippen LogP contribution < -0.4 is 10.1 Å². The maximum Gasteiger partial charge on any atom is 0.145 e. The molecule has 4 heteroatoms. The summed E-state index contributed by atoms with van der Waals surface area (Å²) in [6.07, 6.45) is 0. The van der Waals surface area contributed by atoms with Gasteiger partial charge in [0.1, 0.15) is 17.6 Å². The van der Waals surface area contributed by atoms with E-state index in [4.69, 9.17) is 4.74 Å². The van der Waals surface area contributed by atoms with E-state index in [0.29, 0.717) is 17.1 Å². The molecule has 0 heterocycles. The van der Waals surface area contributed by atoms with Crippen molar-refractivity contribution in [2.24, 2.45) is 0 Å². The molecule has 0 fully saturated rings. The van der Waals surface area contributed by atoms with Gasteiger partial charge in [0, 0.05) is 6.54 Å². The van der Waals surface area contributed by atoms with E-state index in [1.165, 1.54) is 0 Å². The van der Waals surface area contributed by atoms with Crippen LogP contribution in [0.5, 0.6) is 11.5 Å². The molecule has 0 atom stereocenters. The van der Waals surface area contributed by atoms with Crippen LogP contribution in [0.15, 0.2) is 46.9 Å². The van der Waals surface area contributed by atoms with Crippen LogP contribution in [-0.2, 0) is 6.54 Å². The van der Waals surface area contributed by atoms with E-state index < -0.39 is 0 Å². The summed E-state index contributed by atoms with van der Waals surface area (Å²) in [4.78, 5) is 0. The summed E-state index contributed by atoms with van der Waals surface area (Å²) >= 11 is 3.43. The Labute approximate surface area is 127 Å². The number of hydrogen-bond acceptors (Lipinski definition) is 3. The number of halogens is 1. The third-order valence-corrected chi connectivity index (χ3v) is 3.46. The number of nitriles is 1. The lowest BCUT2D eigenvalue weighted by Crippen LogP contribution is -2.11. The van der Waals surface area contributed by atoms with Crippen molar-refractivity contribution < 1.29 is 4.74 Å². The van der Waals surface area contributed by atoms with Crippen LogP contribution in [0.3, 0.4) is 0 Å². The van der Waals surface area contributed by atoms with Gasteiger partial charge in [-0.25, -0.2) is 0 Å². The van der Waals surface area contributed by atoms with Crippen LogP contribution in [0.4, 0.5) is 0 Å². The summed E-state index contributed by atoms with van der Waals surface area (Å²) in [5.41, 5.74) is 1.61. The Hall–Kier alpha value is -1.83. The molecule has 3 nitrogen and oxygen atoms in total. The summed E-state index contributed by atoms with van der Waals surface area (Å²) in [6, 6.07) is 15.4. The molecular weight excluding hydrogens is 316 g/mol. The Morgan fingerprint density at radius 2 is 2.00 bits per heavy atom. The van der Waals surface area contributed by atoms with Crippen LogP contribution in [0.1, 0.15) is 18.1 Å². The first-order chi connectivity index (χ1) is 9.74. The highest BCUT2D eigenvalue weighted by Gasteiger charge is 2.08. The average molecular weight is 331 g/mol. The van der Waals surface area contributed by atoms with Crippen molar-refractivity contribution in [1.29, 1.82) is 5.26 Å². The molecule has 0 saturated heterocycles. The summed E-state index contributed by atoms with van der Waals surface area (Å²) in [6.45, 7) is 3.70. The van der Waals surface area contributed by atoms with Crippen LogP contribution in [0, 0.1) is 11.3 Å². The molecule has 2 aromatic rings. The van der Waals surface area contributed by atoms with Gasteiger partial charge in [-0.15, -0.1) is 0 Å². The lowest BCUT2D eigenvalue weighted by molar-refractivity contribution is 0.477. The number of ether oxygens (including phenoxy) is 1. The maximum absolute atomic E-state index is 9.25. The van der Waals surface area contributed by atoms with Crippen molar-refractivity contribution in [3.63, 3.8) is 0 Å². The van der Waals surface area contributed by atoms with Gasteiger partial charge in [0.2, 0.25) is 0 Å². The smallest absolute Gasteiger partial charge is 0.145 e. The van der Waals surface area contributed by atoms with E-state index in [-0.39, 0.29) is 0 Å². The topological polar surface area (TPSA) is 45.0 Å². The predicted octanol–water partition coefficient (Wildman–Crippen LogP) is 4.22. The molecule has 0 aliphatic rings. The summed E-state index contributed by atoms with van der Waals surface area (Å²) < 4.78 is 6.66. The summed E-state index contributed by atoms with van der Waals surface area (Å²) in [7, 11) is 0. The number of hydrogen-bond donors (Lipinski definition) is 1. The van der Waals surface area contributed by atoms with E-state index in [2.05, 4.69) is 34.2 Å². The largest absolute Gasteiger partial charge is 0.455 e. The Kier molecular flexibility index (Phi) is 5.16. The molecule has 0 aliphatic heterocycles. The molecule has 0 aromatic heterocycles. The fraction of sp³-hybridized carbons (Fsp3) is 0.188. The normalized spacial score (nSPS) is 10.1. The number of benzene rings is 2. The van der Waals surface area contributed by atoms with E-state index >= 15 is 0 Å². The highest BCUT2D eigenvalue weighted by atomic mass is 79.9. The second-order valence-electron chi connectivity index (χ2n) is 4.26. The first kappa shape index (κ1) is 14.6. The van der Waals surface area contributed by atoms with Crippen LogP contribution >= 0.6 is 15.9 Å². The molecule has 20 heavy (non-hydrogen) atoms. The van der Waals surface area contributed by atoms with Crippen molar-refractivity contribution in [2.45, 2.75) is 13.5 Å². The Morgan fingerprint density at radius 1 is 1.20 bits per heavy atom. The van der Waals surface area contributed by atoms with Crippen LogP contribution in [-0.4, -0.2) is 6.54 Å². The van der Waals surface area contributed by atoms with Gasteiger partial charge in [0.05, 0.1) is 10.0 Å². The molecule has 1 N–H and O–H groups in total. The van der Waals surface area contributed by atoms with E-state index in [1.807, 2.05) is 42.5 Å². The zero-order chi connectivity index (χ0) is 14.4. The zero-order valence-electron chi connectivity index (χ0n) is 11.2. The molecular formula is C16H15BrN2O. The Morgan fingerprint density at radius 3 is 2.70 bits per heavy atom. The van der Waals surface area contributed by atoms with Gasteiger partial charge in [-0.3, -0.25) is 0 Å². The molecule has 0 amide bonds. The second kappa shape index (κ2) is 7.09. The number of nitrogens with zero attached hydrogens (tertiary/aromatic N) is 1. The van der Waals surface area contributed by atoms with Crippen molar-refractivity contribution in [2.75, 3.05) is 6.54 Å². The van der Waals surface area contributed by atoms with Gasteiger partial charge in [-0.2, -0.15) is 5.26 Å². The van der Waals surface area contributed by atoms with Crippen molar-refractivity contribution in [1.82, 2.24) is 5.32 Å². The number of para-hydroxylation sites is 1. The van der Waals surface area contributed by atoms with Gasteiger partial charge >= 0.3 is 0 Å².